The highest BCUT2D eigenvalue weighted by molar-refractivity contribution is 6.26. The number of oxime groups is 1. The van der Waals surface area contributed by atoms with Crippen molar-refractivity contribution in [2.75, 3.05) is 7.11 Å². The van der Waals surface area contributed by atoms with Gasteiger partial charge >= 0.3 is 0 Å². The second-order valence-corrected chi connectivity index (χ2v) is 2.75. The maximum Gasteiger partial charge on any atom is 0.285 e. The van der Waals surface area contributed by atoms with E-state index in [0.29, 0.717) is 6.21 Å². The van der Waals surface area contributed by atoms with Gasteiger partial charge in [-0.15, -0.1) is 0 Å². The molecule has 0 aliphatic heterocycles. The largest absolute Gasteiger partial charge is 0.497 e. The van der Waals surface area contributed by atoms with Gasteiger partial charge in [0, 0.05) is 0 Å². The first-order valence-corrected chi connectivity index (χ1v) is 4.41. The summed E-state index contributed by atoms with van der Waals surface area (Å²) in [5.41, 5.74) is 2.96. The zero-order valence-electron chi connectivity index (χ0n) is 8.62. The molecule has 0 radical (unpaired) electrons. The molecule has 0 unspecified atom stereocenters. The minimum absolute atomic E-state index is 0.604. The molecule has 1 aromatic rings. The SMILES string of the molecule is COc1ccc(C=NNC(=O)C=NO)cc1. The van der Waals surface area contributed by atoms with Gasteiger partial charge in [-0.1, -0.05) is 5.16 Å². The molecule has 0 atom stereocenters. The van der Waals surface area contributed by atoms with Crippen molar-refractivity contribution < 1.29 is 14.7 Å². The Hall–Kier alpha value is -2.37. The van der Waals surface area contributed by atoms with Crippen LogP contribution in [-0.2, 0) is 4.79 Å². The molecule has 6 heteroatoms. The molecule has 0 aliphatic rings. The monoisotopic (exact) mass is 221 g/mol. The van der Waals surface area contributed by atoms with E-state index in [1.807, 2.05) is 0 Å². The Morgan fingerprint density at radius 1 is 1.44 bits per heavy atom. The number of hydrazone groups is 1. The lowest BCUT2D eigenvalue weighted by molar-refractivity contribution is -0.114. The predicted octanol–water partition coefficient (Wildman–Crippen LogP) is 0.605. The van der Waals surface area contributed by atoms with Crippen molar-refractivity contribution in [3.8, 4) is 5.75 Å². The fraction of sp³-hybridized carbons (Fsp3) is 0.100. The van der Waals surface area contributed by atoms with Crippen LogP contribution in [0.3, 0.4) is 0 Å². The zero-order chi connectivity index (χ0) is 11.8. The smallest absolute Gasteiger partial charge is 0.285 e. The Kier molecular flexibility index (Phi) is 4.52. The topological polar surface area (TPSA) is 83.3 Å². The Labute approximate surface area is 92.2 Å². The summed E-state index contributed by atoms with van der Waals surface area (Å²) >= 11 is 0. The van der Waals surface area contributed by atoms with Crippen LogP contribution >= 0.6 is 0 Å². The van der Waals surface area contributed by atoms with Crippen LogP contribution in [0.4, 0.5) is 0 Å². The lowest BCUT2D eigenvalue weighted by Gasteiger charge is -1.98. The van der Waals surface area contributed by atoms with Crippen LogP contribution in [0.25, 0.3) is 0 Å². The third kappa shape index (κ3) is 3.79. The van der Waals surface area contributed by atoms with Crippen molar-refractivity contribution in [1.82, 2.24) is 5.43 Å². The van der Waals surface area contributed by atoms with E-state index in [4.69, 9.17) is 9.94 Å². The number of hydrogen-bond acceptors (Lipinski definition) is 5. The van der Waals surface area contributed by atoms with Gasteiger partial charge in [0.1, 0.15) is 12.0 Å². The summed E-state index contributed by atoms with van der Waals surface area (Å²) in [6.45, 7) is 0. The van der Waals surface area contributed by atoms with E-state index in [1.54, 1.807) is 31.4 Å². The van der Waals surface area contributed by atoms with E-state index in [9.17, 15) is 4.79 Å². The molecule has 1 rings (SSSR count). The van der Waals surface area contributed by atoms with Crippen molar-refractivity contribution in [2.45, 2.75) is 0 Å². The second kappa shape index (κ2) is 6.18. The fourth-order valence-electron chi connectivity index (χ4n) is 0.942. The van der Waals surface area contributed by atoms with Gasteiger partial charge in [0.25, 0.3) is 5.91 Å². The number of rotatable bonds is 4. The van der Waals surface area contributed by atoms with Crippen molar-refractivity contribution in [3.63, 3.8) is 0 Å². The Morgan fingerprint density at radius 3 is 2.69 bits per heavy atom. The Morgan fingerprint density at radius 2 is 2.12 bits per heavy atom. The number of hydrogen-bond donors (Lipinski definition) is 2. The van der Waals surface area contributed by atoms with Crippen LogP contribution in [0, 0.1) is 0 Å². The standard InChI is InChI=1S/C10H11N3O3/c1-16-9-4-2-8(3-5-9)6-11-13-10(14)7-12-15/h2-7,15H,1H3,(H,13,14). The van der Waals surface area contributed by atoms with Gasteiger partial charge in [-0.05, 0) is 29.8 Å². The predicted molar refractivity (Wildman–Crippen MR) is 59.0 cm³/mol. The number of carbonyl (C=O) groups excluding carboxylic acids is 1. The minimum atomic E-state index is -0.604. The molecular formula is C10H11N3O3. The van der Waals surface area contributed by atoms with Gasteiger partial charge in [-0.25, -0.2) is 5.43 Å². The maximum atomic E-state index is 10.8. The molecule has 16 heavy (non-hydrogen) atoms. The highest BCUT2D eigenvalue weighted by atomic mass is 16.5. The normalized spacial score (nSPS) is 10.8. The van der Waals surface area contributed by atoms with Gasteiger partial charge in [-0.3, -0.25) is 4.79 Å². The first-order valence-electron chi connectivity index (χ1n) is 4.41. The minimum Gasteiger partial charge on any atom is -0.497 e. The number of carbonyl (C=O) groups is 1. The van der Waals surface area contributed by atoms with E-state index in [-0.39, 0.29) is 0 Å². The average molecular weight is 221 g/mol. The summed E-state index contributed by atoms with van der Waals surface area (Å²) in [5.74, 6) is 0.140. The van der Waals surface area contributed by atoms with E-state index >= 15 is 0 Å². The summed E-state index contributed by atoms with van der Waals surface area (Å²) in [7, 11) is 1.58. The van der Waals surface area contributed by atoms with Crippen LogP contribution in [-0.4, -0.2) is 30.7 Å². The number of amides is 1. The molecule has 0 heterocycles. The summed E-state index contributed by atoms with van der Waals surface area (Å²) in [4.78, 5) is 10.8. The second-order valence-electron chi connectivity index (χ2n) is 2.75. The van der Waals surface area contributed by atoms with Crippen LogP contribution in [0.2, 0.25) is 0 Å². The first-order chi connectivity index (χ1) is 7.76. The zero-order valence-corrected chi connectivity index (χ0v) is 8.62. The van der Waals surface area contributed by atoms with Crippen LogP contribution in [0.15, 0.2) is 34.5 Å². The van der Waals surface area contributed by atoms with Crippen LogP contribution in [0.5, 0.6) is 5.75 Å². The van der Waals surface area contributed by atoms with Crippen molar-refractivity contribution in [3.05, 3.63) is 29.8 Å². The molecule has 6 nitrogen and oxygen atoms in total. The van der Waals surface area contributed by atoms with E-state index in [0.717, 1.165) is 11.3 Å². The quantitative estimate of drug-likeness (QED) is 0.443. The fourth-order valence-corrected chi connectivity index (χ4v) is 0.942. The number of benzene rings is 1. The van der Waals surface area contributed by atoms with Gasteiger partial charge in [-0.2, -0.15) is 5.10 Å². The van der Waals surface area contributed by atoms with Gasteiger partial charge in [0.2, 0.25) is 0 Å². The summed E-state index contributed by atoms with van der Waals surface area (Å²) in [6, 6.07) is 7.12. The molecule has 0 aliphatic carbocycles. The van der Waals surface area contributed by atoms with E-state index < -0.39 is 5.91 Å². The van der Waals surface area contributed by atoms with Crippen molar-refractivity contribution >= 4 is 18.3 Å². The number of nitrogens with one attached hydrogen (secondary N) is 1. The summed E-state index contributed by atoms with van der Waals surface area (Å²) < 4.78 is 4.98. The third-order valence-corrected chi connectivity index (χ3v) is 1.68. The molecule has 0 bridgehead atoms. The van der Waals surface area contributed by atoms with Crippen molar-refractivity contribution in [2.24, 2.45) is 10.3 Å². The number of methoxy groups -OCH3 is 1. The molecule has 2 N–H and O–H groups in total. The molecule has 0 fully saturated rings. The Balaban J connectivity index is 2.52. The molecule has 0 aromatic heterocycles. The van der Waals surface area contributed by atoms with Crippen LogP contribution < -0.4 is 10.2 Å². The lowest BCUT2D eigenvalue weighted by Crippen LogP contribution is -2.18. The lowest BCUT2D eigenvalue weighted by atomic mass is 10.2. The van der Waals surface area contributed by atoms with Gasteiger partial charge < -0.3 is 9.94 Å². The third-order valence-electron chi connectivity index (χ3n) is 1.68. The molecule has 1 aromatic carbocycles. The first kappa shape index (κ1) is 11.7. The van der Waals surface area contributed by atoms with Gasteiger partial charge in [0.05, 0.1) is 13.3 Å². The summed E-state index contributed by atoms with van der Waals surface area (Å²) in [6.07, 6.45) is 2.17. The van der Waals surface area contributed by atoms with Gasteiger partial charge in [0.15, 0.2) is 0 Å². The number of nitrogens with zero attached hydrogens (tertiary/aromatic N) is 2. The molecule has 0 saturated heterocycles. The van der Waals surface area contributed by atoms with E-state index in [1.165, 1.54) is 6.21 Å². The number of ether oxygens (including phenoxy) is 1. The molecule has 84 valence electrons. The molecule has 0 spiro atoms. The van der Waals surface area contributed by atoms with E-state index in [2.05, 4.69) is 15.7 Å². The highest BCUT2D eigenvalue weighted by Crippen LogP contribution is 2.09. The average Bonchev–Trinajstić information content (AvgIpc) is 2.30. The Bertz CT molecular complexity index is 398. The molecular weight excluding hydrogens is 210 g/mol. The van der Waals surface area contributed by atoms with Crippen molar-refractivity contribution in [1.29, 1.82) is 0 Å². The highest BCUT2D eigenvalue weighted by Gasteiger charge is 1.93. The molecule has 1 amide bonds. The van der Waals surface area contributed by atoms with Crippen LogP contribution in [0.1, 0.15) is 5.56 Å². The summed E-state index contributed by atoms with van der Waals surface area (Å²) in [5, 5.41) is 14.3. The maximum absolute atomic E-state index is 10.8. The molecule has 0 saturated carbocycles.